The third kappa shape index (κ3) is 19.6. The maximum atomic E-state index is 12.7. The largest absolute Gasteiger partial charge is 0.455 e. The molecular formula is C44H68N4O3. The number of unbranched alkanes of at least 4 members (excludes halogenated alkanes) is 2. The number of carbonyl (C=O) groups excluding carboxylic acids is 2. The number of carbonyl (C=O) groups is 2. The molecule has 0 radical (unpaired) electrons. The van der Waals surface area contributed by atoms with Crippen molar-refractivity contribution in [2.45, 2.75) is 94.4 Å². The van der Waals surface area contributed by atoms with Crippen LogP contribution in [0.4, 0.5) is 10.5 Å². The average Bonchev–Trinajstić information content (AvgIpc) is 3.30. The number of nitrogens with one attached hydrogen (secondary N) is 3. The van der Waals surface area contributed by atoms with Crippen molar-refractivity contribution in [1.82, 2.24) is 15.5 Å². The van der Waals surface area contributed by atoms with E-state index >= 15 is 0 Å². The van der Waals surface area contributed by atoms with Gasteiger partial charge in [-0.15, -0.1) is 6.58 Å². The first-order valence-electron chi connectivity index (χ1n) is 19.0. The quantitative estimate of drug-likeness (QED) is 0.120. The number of ether oxygens (including phenoxy) is 1. The number of anilines is 1. The summed E-state index contributed by atoms with van der Waals surface area (Å²) < 4.78 is 6.11. The molecule has 0 aliphatic heterocycles. The first-order valence-corrected chi connectivity index (χ1v) is 19.0. The summed E-state index contributed by atoms with van der Waals surface area (Å²) in [7, 11) is 2.07. The zero-order valence-electron chi connectivity index (χ0n) is 33.4. The van der Waals surface area contributed by atoms with Crippen molar-refractivity contribution in [2.24, 2.45) is 5.92 Å². The smallest absolute Gasteiger partial charge is 0.319 e. The molecule has 3 rings (SSSR count). The van der Waals surface area contributed by atoms with Crippen LogP contribution < -0.4 is 20.7 Å². The summed E-state index contributed by atoms with van der Waals surface area (Å²) in [6.45, 7) is 25.0. The highest BCUT2D eigenvalue weighted by Gasteiger charge is 2.15. The van der Waals surface area contributed by atoms with Gasteiger partial charge in [0.25, 0.3) is 5.91 Å². The molecule has 0 fully saturated rings. The van der Waals surface area contributed by atoms with Crippen LogP contribution >= 0.6 is 0 Å². The molecule has 1 unspecified atom stereocenters. The molecule has 3 N–H and O–H groups in total. The second-order valence-corrected chi connectivity index (χ2v) is 11.7. The van der Waals surface area contributed by atoms with E-state index in [9.17, 15) is 9.59 Å². The van der Waals surface area contributed by atoms with Crippen LogP contribution in [-0.2, 0) is 0 Å². The number of amides is 3. The molecule has 2 aromatic carbocycles. The monoisotopic (exact) mass is 701 g/mol. The van der Waals surface area contributed by atoms with E-state index in [1.54, 1.807) is 18.2 Å². The lowest BCUT2D eigenvalue weighted by Gasteiger charge is -2.17. The Balaban J connectivity index is 0.00000122. The van der Waals surface area contributed by atoms with Crippen LogP contribution in [-0.4, -0.2) is 50.1 Å². The van der Waals surface area contributed by atoms with Crippen LogP contribution in [0.2, 0.25) is 0 Å². The molecule has 0 bridgehead atoms. The van der Waals surface area contributed by atoms with Crippen molar-refractivity contribution < 1.29 is 14.3 Å². The van der Waals surface area contributed by atoms with Gasteiger partial charge in [-0.2, -0.15) is 0 Å². The minimum atomic E-state index is -0.353. The predicted molar refractivity (Wildman–Crippen MR) is 221 cm³/mol. The summed E-state index contributed by atoms with van der Waals surface area (Å²) in [5.74, 6) is 1.27. The Hall–Kier alpha value is -4.36. The number of rotatable bonds is 16. The molecule has 282 valence electrons. The van der Waals surface area contributed by atoms with E-state index in [0.29, 0.717) is 41.8 Å². The standard InChI is InChI=1S/C27H40N4O3.C13H16.2C2H6/c1-6-8-9-16-31(5)17-15-29-26(32)22-13-14-25(24(19-22)30-27(33)28-7-2)34-23-12-10-11-20(3)21(4)18-23;1-3-5-9-12(4-2)13-10-7-6-8-11-13;2*1-2/h10-14,18-20H,6-9,15-17H2,1-5H3,(H,29,32)(H2,28,30,33);3,6-11H,1,4-5H2,2H3;2*1-2H3/b;12-9+;;. The van der Waals surface area contributed by atoms with Crippen LogP contribution in [0.1, 0.15) is 110 Å². The van der Waals surface area contributed by atoms with Crippen LogP contribution in [0.5, 0.6) is 5.75 Å². The molecule has 51 heavy (non-hydrogen) atoms. The molecule has 7 nitrogen and oxygen atoms in total. The number of benzene rings is 2. The van der Waals surface area contributed by atoms with Crippen LogP contribution in [0, 0.1) is 5.92 Å². The predicted octanol–water partition coefficient (Wildman–Crippen LogP) is 11.2. The van der Waals surface area contributed by atoms with Crippen molar-refractivity contribution in [3.8, 4) is 5.75 Å². The lowest BCUT2D eigenvalue weighted by molar-refractivity contribution is 0.0949. The molecule has 0 spiro atoms. The van der Waals surface area contributed by atoms with Gasteiger partial charge in [0.1, 0.15) is 5.76 Å². The normalized spacial score (nSPS) is 13.3. The third-order valence-electron chi connectivity index (χ3n) is 7.78. The Kier molecular flexibility index (Phi) is 26.9. The highest BCUT2D eigenvalue weighted by molar-refractivity contribution is 5.98. The van der Waals surface area contributed by atoms with Crippen LogP contribution in [0.25, 0.3) is 5.57 Å². The number of urea groups is 1. The molecule has 0 aromatic heterocycles. The zero-order chi connectivity index (χ0) is 38.4. The molecule has 1 atom stereocenters. The van der Waals surface area contributed by atoms with Crippen molar-refractivity contribution in [1.29, 1.82) is 0 Å². The van der Waals surface area contributed by atoms with Gasteiger partial charge in [-0.25, -0.2) is 4.79 Å². The molecule has 0 saturated carbocycles. The highest BCUT2D eigenvalue weighted by atomic mass is 16.5. The summed E-state index contributed by atoms with van der Waals surface area (Å²) in [6, 6.07) is 15.2. The first-order chi connectivity index (χ1) is 24.7. The molecular weight excluding hydrogens is 633 g/mol. The Morgan fingerprint density at radius 2 is 1.65 bits per heavy atom. The molecule has 1 aliphatic rings. The number of hydrogen-bond acceptors (Lipinski definition) is 4. The lowest BCUT2D eigenvalue weighted by Crippen LogP contribution is -2.33. The average molecular weight is 701 g/mol. The second kappa shape index (κ2) is 29.4. The van der Waals surface area contributed by atoms with E-state index in [0.717, 1.165) is 32.4 Å². The zero-order valence-corrected chi connectivity index (χ0v) is 33.4. The molecule has 1 aliphatic carbocycles. The first kappa shape index (κ1) is 46.6. The van der Waals surface area contributed by atoms with Gasteiger partial charge < -0.3 is 25.6 Å². The molecule has 2 aromatic rings. The maximum Gasteiger partial charge on any atom is 0.319 e. The summed E-state index contributed by atoms with van der Waals surface area (Å²) >= 11 is 0. The number of hydrogen-bond donors (Lipinski definition) is 3. The van der Waals surface area contributed by atoms with Crippen molar-refractivity contribution in [3.63, 3.8) is 0 Å². The summed E-state index contributed by atoms with van der Waals surface area (Å²) in [5, 5.41) is 8.49. The van der Waals surface area contributed by atoms with E-state index in [4.69, 9.17) is 4.74 Å². The molecule has 0 saturated heterocycles. The van der Waals surface area contributed by atoms with Gasteiger partial charge in [0, 0.05) is 25.2 Å². The van der Waals surface area contributed by atoms with E-state index in [1.807, 2.05) is 65.0 Å². The van der Waals surface area contributed by atoms with Gasteiger partial charge in [0.15, 0.2) is 5.75 Å². The minimum absolute atomic E-state index is 0.186. The van der Waals surface area contributed by atoms with E-state index in [1.165, 1.54) is 29.6 Å². The van der Waals surface area contributed by atoms with E-state index in [2.05, 4.69) is 98.6 Å². The Bertz CT molecular complexity index is 1390. The van der Waals surface area contributed by atoms with Gasteiger partial charge in [0.2, 0.25) is 0 Å². The van der Waals surface area contributed by atoms with Crippen molar-refractivity contribution in [3.05, 3.63) is 114 Å². The van der Waals surface area contributed by atoms with E-state index < -0.39 is 0 Å². The number of likely N-dealkylation sites (N-methyl/N-ethyl adjacent to an activating group) is 1. The van der Waals surface area contributed by atoms with Gasteiger partial charge in [-0.1, -0.05) is 122 Å². The van der Waals surface area contributed by atoms with Crippen molar-refractivity contribution >= 4 is 23.2 Å². The van der Waals surface area contributed by atoms with Crippen LogP contribution in [0.3, 0.4) is 0 Å². The summed E-state index contributed by atoms with van der Waals surface area (Å²) in [5.41, 5.74) is 4.80. The topological polar surface area (TPSA) is 82.7 Å². The fraction of sp³-hybridized carbons (Fsp3) is 0.455. The highest BCUT2D eigenvalue weighted by Crippen LogP contribution is 2.29. The minimum Gasteiger partial charge on any atom is -0.455 e. The number of nitrogens with zero attached hydrogens (tertiary/aromatic N) is 1. The van der Waals surface area contributed by atoms with Gasteiger partial charge >= 0.3 is 6.03 Å². The second-order valence-electron chi connectivity index (χ2n) is 11.7. The lowest BCUT2D eigenvalue weighted by atomic mass is 10.0. The van der Waals surface area contributed by atoms with Gasteiger partial charge in [0.05, 0.1) is 5.69 Å². The van der Waals surface area contributed by atoms with Gasteiger partial charge in [-0.05, 0) is 94.1 Å². The van der Waals surface area contributed by atoms with E-state index in [-0.39, 0.29) is 11.9 Å². The fourth-order valence-electron chi connectivity index (χ4n) is 4.80. The third-order valence-corrected chi connectivity index (χ3v) is 7.78. The number of allylic oxidation sites excluding steroid dienone is 8. The molecule has 0 heterocycles. The van der Waals surface area contributed by atoms with Crippen LogP contribution in [0.15, 0.2) is 103 Å². The van der Waals surface area contributed by atoms with Gasteiger partial charge in [-0.3, -0.25) is 4.79 Å². The summed E-state index contributed by atoms with van der Waals surface area (Å²) in [4.78, 5) is 27.2. The van der Waals surface area contributed by atoms with Crippen molar-refractivity contribution in [2.75, 3.05) is 38.5 Å². The summed E-state index contributed by atoms with van der Waals surface area (Å²) in [6.07, 6.45) is 17.7. The Morgan fingerprint density at radius 3 is 2.27 bits per heavy atom. The molecule has 3 amide bonds. The maximum absolute atomic E-state index is 12.7. The molecule has 7 heteroatoms. The Labute approximate surface area is 311 Å². The Morgan fingerprint density at radius 1 is 0.941 bits per heavy atom. The fourth-order valence-corrected chi connectivity index (χ4v) is 4.80. The SMILES string of the molecule is C=CC/C=C(\CC)c1ccccc1.CC.CC.CCCCCN(C)CCNC(=O)c1ccc(OC2=CC=CC(C)C(C)=C2)c(NC(=O)NCC)c1.